The van der Waals surface area contributed by atoms with E-state index >= 15 is 0 Å². The predicted molar refractivity (Wildman–Crippen MR) is 81.9 cm³/mol. The average molecular weight is 337 g/mol. The molecule has 0 bridgehead atoms. The van der Waals surface area contributed by atoms with Crippen molar-refractivity contribution in [2.45, 2.75) is 6.92 Å². The van der Waals surface area contributed by atoms with Crippen molar-refractivity contribution in [2.75, 3.05) is 45.1 Å². The first-order valence-electron chi connectivity index (χ1n) is 7.46. The van der Waals surface area contributed by atoms with Gasteiger partial charge in [0, 0.05) is 38.6 Å². The molecule has 1 aromatic rings. The molecule has 0 unspecified atom stereocenters. The second-order valence-corrected chi connectivity index (χ2v) is 4.93. The summed E-state index contributed by atoms with van der Waals surface area (Å²) >= 11 is 0. The van der Waals surface area contributed by atoms with Crippen molar-refractivity contribution < 1.29 is 23.9 Å². The summed E-state index contributed by atoms with van der Waals surface area (Å²) in [6, 6.07) is 0. The average Bonchev–Trinajstić information content (AvgIpc) is 2.60. The summed E-state index contributed by atoms with van der Waals surface area (Å²) in [7, 11) is 0. The monoisotopic (exact) mass is 337 g/mol. The third kappa shape index (κ3) is 4.31. The highest BCUT2D eigenvalue weighted by molar-refractivity contribution is 5.93. The second-order valence-electron chi connectivity index (χ2n) is 4.93. The quantitative estimate of drug-likeness (QED) is 0.729. The number of anilines is 1. The first-order valence-corrected chi connectivity index (χ1v) is 7.46. The summed E-state index contributed by atoms with van der Waals surface area (Å²) in [6.07, 6.45) is 2.26. The highest BCUT2D eigenvalue weighted by Crippen LogP contribution is 2.07. The van der Waals surface area contributed by atoms with Gasteiger partial charge in [-0.15, -0.1) is 0 Å². The highest BCUT2D eigenvalue weighted by Gasteiger charge is 2.25. The zero-order valence-corrected chi connectivity index (χ0v) is 13.3. The molecule has 0 radical (unpaired) electrons. The lowest BCUT2D eigenvalue weighted by molar-refractivity contribution is -0.136. The number of ether oxygens (including phenoxy) is 2. The lowest BCUT2D eigenvalue weighted by atomic mass is 10.3. The standard InChI is InChI=1S/C14H19N5O5/c1-2-23-14(22)19-7-5-18(6-8-19)10(20)9-24-13(21)11-12(15)17-4-3-16-11/h3-4H,2,5-9H2,1H3,(H2,15,17). The summed E-state index contributed by atoms with van der Waals surface area (Å²) in [5.41, 5.74) is 5.39. The van der Waals surface area contributed by atoms with Gasteiger partial charge >= 0.3 is 12.1 Å². The molecule has 0 aliphatic carbocycles. The van der Waals surface area contributed by atoms with Gasteiger partial charge in [-0.2, -0.15) is 0 Å². The Balaban J connectivity index is 1.79. The number of hydrogen-bond acceptors (Lipinski definition) is 8. The number of carbonyl (C=O) groups is 3. The first kappa shape index (κ1) is 17.4. The molecular weight excluding hydrogens is 318 g/mol. The molecule has 2 heterocycles. The molecule has 130 valence electrons. The summed E-state index contributed by atoms with van der Waals surface area (Å²) in [5.74, 6) is -1.22. The van der Waals surface area contributed by atoms with Crippen LogP contribution in [0.4, 0.5) is 10.6 Å². The largest absolute Gasteiger partial charge is 0.451 e. The fourth-order valence-corrected chi connectivity index (χ4v) is 2.15. The van der Waals surface area contributed by atoms with E-state index in [0.29, 0.717) is 32.8 Å². The van der Waals surface area contributed by atoms with E-state index in [1.54, 1.807) is 6.92 Å². The number of nitrogens with two attached hydrogens (primary N) is 1. The molecule has 1 aliphatic rings. The van der Waals surface area contributed by atoms with Crippen LogP contribution in [-0.2, 0) is 14.3 Å². The number of nitrogens with zero attached hydrogens (tertiary/aromatic N) is 4. The van der Waals surface area contributed by atoms with Crippen LogP contribution < -0.4 is 5.73 Å². The number of carbonyl (C=O) groups excluding carboxylic acids is 3. The lowest BCUT2D eigenvalue weighted by Gasteiger charge is -2.33. The van der Waals surface area contributed by atoms with Gasteiger partial charge in [0.15, 0.2) is 18.1 Å². The van der Waals surface area contributed by atoms with Gasteiger partial charge in [0.1, 0.15) is 0 Å². The van der Waals surface area contributed by atoms with E-state index in [9.17, 15) is 14.4 Å². The minimum Gasteiger partial charge on any atom is -0.451 e. The molecule has 2 amide bonds. The molecule has 1 saturated heterocycles. The van der Waals surface area contributed by atoms with Crippen LogP contribution >= 0.6 is 0 Å². The molecule has 10 heteroatoms. The zero-order chi connectivity index (χ0) is 17.5. The molecule has 0 saturated carbocycles. The van der Waals surface area contributed by atoms with E-state index in [0.717, 1.165) is 0 Å². The maximum atomic E-state index is 12.1. The summed E-state index contributed by atoms with van der Waals surface area (Å²) in [5, 5.41) is 0. The predicted octanol–water partition coefficient (Wildman–Crippen LogP) is -0.484. The van der Waals surface area contributed by atoms with Gasteiger partial charge in [-0.3, -0.25) is 4.79 Å². The molecule has 10 nitrogen and oxygen atoms in total. The molecule has 2 N–H and O–H groups in total. The Bertz CT molecular complexity index is 615. The minimum absolute atomic E-state index is 0.0574. The van der Waals surface area contributed by atoms with E-state index in [1.807, 2.05) is 0 Å². The third-order valence-corrected chi connectivity index (χ3v) is 3.41. The fraction of sp³-hybridized carbons (Fsp3) is 0.500. The molecule has 0 aromatic carbocycles. The van der Waals surface area contributed by atoms with E-state index in [1.165, 1.54) is 22.2 Å². The van der Waals surface area contributed by atoms with Crippen LogP contribution in [0.25, 0.3) is 0 Å². The van der Waals surface area contributed by atoms with Crippen LogP contribution in [0.2, 0.25) is 0 Å². The van der Waals surface area contributed by atoms with Gasteiger partial charge in [-0.05, 0) is 6.92 Å². The summed E-state index contributed by atoms with van der Waals surface area (Å²) < 4.78 is 9.82. The molecule has 0 spiro atoms. The summed E-state index contributed by atoms with van der Waals surface area (Å²) in [4.78, 5) is 46.0. The number of rotatable bonds is 4. The van der Waals surface area contributed by atoms with Crippen LogP contribution in [0.15, 0.2) is 12.4 Å². The van der Waals surface area contributed by atoms with Crippen molar-refractivity contribution in [2.24, 2.45) is 0 Å². The maximum Gasteiger partial charge on any atom is 0.409 e. The molecular formula is C14H19N5O5. The number of amides is 2. The van der Waals surface area contributed by atoms with Crippen LogP contribution in [0.1, 0.15) is 17.4 Å². The number of esters is 1. The Labute approximate surface area is 138 Å². The molecule has 1 aliphatic heterocycles. The summed E-state index contributed by atoms with van der Waals surface area (Å²) in [6.45, 7) is 3.06. The van der Waals surface area contributed by atoms with Crippen LogP contribution in [0, 0.1) is 0 Å². The third-order valence-electron chi connectivity index (χ3n) is 3.41. The number of nitrogen functional groups attached to an aromatic ring is 1. The minimum atomic E-state index is -0.806. The Morgan fingerprint density at radius 1 is 1.08 bits per heavy atom. The van der Waals surface area contributed by atoms with E-state index in [2.05, 4.69) is 9.97 Å². The van der Waals surface area contributed by atoms with Gasteiger partial charge in [0.25, 0.3) is 5.91 Å². The van der Waals surface area contributed by atoms with Crippen LogP contribution in [-0.4, -0.2) is 77.1 Å². The van der Waals surface area contributed by atoms with E-state index in [4.69, 9.17) is 15.2 Å². The topological polar surface area (TPSA) is 128 Å². The van der Waals surface area contributed by atoms with Crippen molar-refractivity contribution in [3.63, 3.8) is 0 Å². The van der Waals surface area contributed by atoms with Gasteiger partial charge in [0.2, 0.25) is 0 Å². The zero-order valence-electron chi connectivity index (χ0n) is 13.3. The number of aromatic nitrogens is 2. The number of hydrogen-bond donors (Lipinski definition) is 1. The smallest absolute Gasteiger partial charge is 0.409 e. The molecule has 1 fully saturated rings. The van der Waals surface area contributed by atoms with Crippen molar-refractivity contribution in [3.05, 3.63) is 18.1 Å². The Morgan fingerprint density at radius 3 is 2.33 bits per heavy atom. The molecule has 24 heavy (non-hydrogen) atoms. The van der Waals surface area contributed by atoms with Crippen LogP contribution in [0.5, 0.6) is 0 Å². The Morgan fingerprint density at radius 2 is 1.71 bits per heavy atom. The highest BCUT2D eigenvalue weighted by atomic mass is 16.6. The Kier molecular flexibility index (Phi) is 5.88. The lowest BCUT2D eigenvalue weighted by Crippen LogP contribution is -2.51. The normalized spacial score (nSPS) is 14.2. The van der Waals surface area contributed by atoms with E-state index < -0.39 is 18.7 Å². The van der Waals surface area contributed by atoms with Gasteiger partial charge in [-0.25, -0.2) is 19.6 Å². The van der Waals surface area contributed by atoms with Crippen molar-refractivity contribution in [1.29, 1.82) is 0 Å². The SMILES string of the molecule is CCOC(=O)N1CCN(C(=O)COC(=O)c2nccnc2N)CC1. The van der Waals surface area contributed by atoms with Crippen molar-refractivity contribution >= 4 is 23.8 Å². The maximum absolute atomic E-state index is 12.1. The molecule has 2 rings (SSSR count). The van der Waals surface area contributed by atoms with Crippen molar-refractivity contribution in [1.82, 2.24) is 19.8 Å². The number of piperazine rings is 1. The van der Waals surface area contributed by atoms with Crippen molar-refractivity contribution in [3.8, 4) is 0 Å². The van der Waals surface area contributed by atoms with Gasteiger partial charge < -0.3 is 25.0 Å². The van der Waals surface area contributed by atoms with E-state index in [-0.39, 0.29) is 17.4 Å². The van der Waals surface area contributed by atoms with Gasteiger partial charge in [0.05, 0.1) is 6.61 Å². The van der Waals surface area contributed by atoms with Gasteiger partial charge in [-0.1, -0.05) is 0 Å². The second kappa shape index (κ2) is 8.09. The molecule has 0 atom stereocenters. The Hall–Kier alpha value is -2.91. The fourth-order valence-electron chi connectivity index (χ4n) is 2.15. The molecule has 1 aromatic heterocycles. The van der Waals surface area contributed by atoms with Crippen LogP contribution in [0.3, 0.4) is 0 Å². The first-order chi connectivity index (χ1) is 11.5.